The van der Waals surface area contributed by atoms with Gasteiger partial charge in [0.25, 0.3) is 0 Å². The zero-order chi connectivity index (χ0) is 11.5. The highest BCUT2D eigenvalue weighted by atomic mass is 16.5. The van der Waals surface area contributed by atoms with Gasteiger partial charge in [0.05, 0.1) is 13.2 Å². The Hall–Kier alpha value is -1.22. The second-order valence-corrected chi connectivity index (χ2v) is 4.89. The molecule has 0 radical (unpaired) electrons. The first kappa shape index (κ1) is 10.9. The van der Waals surface area contributed by atoms with Gasteiger partial charge in [-0.15, -0.1) is 0 Å². The maximum Gasteiger partial charge on any atom is 0.122 e. The molecule has 1 aromatic rings. The molecule has 2 heterocycles. The third-order valence-electron chi connectivity index (χ3n) is 3.54. The summed E-state index contributed by atoms with van der Waals surface area (Å²) in [4.78, 5) is 0. The van der Waals surface area contributed by atoms with Crippen LogP contribution in [0.3, 0.4) is 0 Å². The Balaban J connectivity index is 1.57. The van der Waals surface area contributed by atoms with E-state index in [4.69, 9.17) is 9.47 Å². The average Bonchev–Trinajstić information content (AvgIpc) is 2.85. The lowest BCUT2D eigenvalue weighted by atomic mass is 10.0. The molecule has 3 rings (SSSR count). The van der Waals surface area contributed by atoms with Crippen LogP contribution in [0.5, 0.6) is 5.75 Å². The minimum absolute atomic E-state index is 0.660. The van der Waals surface area contributed by atoms with Gasteiger partial charge in [-0.3, -0.25) is 0 Å². The molecule has 3 nitrogen and oxygen atoms in total. The van der Waals surface area contributed by atoms with E-state index in [-0.39, 0.29) is 0 Å². The second-order valence-electron chi connectivity index (χ2n) is 4.89. The number of hydrogen-bond donors (Lipinski definition) is 1. The molecular weight excluding hydrogens is 214 g/mol. The summed E-state index contributed by atoms with van der Waals surface area (Å²) < 4.78 is 11.0. The van der Waals surface area contributed by atoms with E-state index >= 15 is 0 Å². The maximum absolute atomic E-state index is 5.50. The zero-order valence-electron chi connectivity index (χ0n) is 10.1. The van der Waals surface area contributed by atoms with E-state index in [1.165, 1.54) is 24.1 Å². The quantitative estimate of drug-likeness (QED) is 0.870. The number of benzene rings is 1. The van der Waals surface area contributed by atoms with E-state index in [1.54, 1.807) is 0 Å². The van der Waals surface area contributed by atoms with Crippen LogP contribution in [0, 0.1) is 5.92 Å². The first-order chi connectivity index (χ1) is 8.42. The molecule has 2 aliphatic heterocycles. The predicted octanol–water partition coefficient (Wildman–Crippen LogP) is 2.46. The van der Waals surface area contributed by atoms with Gasteiger partial charge in [-0.25, -0.2) is 0 Å². The van der Waals surface area contributed by atoms with Crippen molar-refractivity contribution in [1.82, 2.24) is 0 Å². The summed E-state index contributed by atoms with van der Waals surface area (Å²) in [5, 5.41) is 3.51. The molecule has 0 spiro atoms. The molecule has 1 aromatic carbocycles. The fraction of sp³-hybridized carbons (Fsp3) is 0.571. The summed E-state index contributed by atoms with van der Waals surface area (Å²) in [6.07, 6.45) is 3.52. The van der Waals surface area contributed by atoms with Crippen LogP contribution in [-0.2, 0) is 11.2 Å². The van der Waals surface area contributed by atoms with Crippen molar-refractivity contribution >= 4 is 5.69 Å². The highest BCUT2D eigenvalue weighted by molar-refractivity contribution is 5.52. The molecule has 3 heteroatoms. The smallest absolute Gasteiger partial charge is 0.122 e. The van der Waals surface area contributed by atoms with Crippen LogP contribution in [0.4, 0.5) is 5.69 Å². The molecule has 92 valence electrons. The van der Waals surface area contributed by atoms with Gasteiger partial charge in [-0.05, 0) is 42.5 Å². The van der Waals surface area contributed by atoms with Crippen LogP contribution >= 0.6 is 0 Å². The van der Waals surface area contributed by atoms with E-state index in [1.807, 2.05) is 0 Å². The molecule has 17 heavy (non-hydrogen) atoms. The van der Waals surface area contributed by atoms with Crippen molar-refractivity contribution in [3.05, 3.63) is 23.8 Å². The van der Waals surface area contributed by atoms with Crippen molar-refractivity contribution in [1.29, 1.82) is 0 Å². The van der Waals surface area contributed by atoms with Crippen molar-refractivity contribution < 1.29 is 9.47 Å². The second kappa shape index (κ2) is 4.96. The van der Waals surface area contributed by atoms with Crippen molar-refractivity contribution in [2.45, 2.75) is 19.3 Å². The van der Waals surface area contributed by atoms with E-state index in [0.717, 1.165) is 38.5 Å². The fourth-order valence-corrected chi connectivity index (χ4v) is 2.53. The Morgan fingerprint density at radius 2 is 2.29 bits per heavy atom. The van der Waals surface area contributed by atoms with E-state index in [2.05, 4.69) is 23.5 Å². The Morgan fingerprint density at radius 1 is 1.29 bits per heavy atom. The molecule has 1 saturated heterocycles. The van der Waals surface area contributed by atoms with Gasteiger partial charge in [0.1, 0.15) is 5.75 Å². The van der Waals surface area contributed by atoms with Crippen molar-refractivity contribution in [2.75, 3.05) is 31.7 Å². The van der Waals surface area contributed by atoms with Crippen LogP contribution in [0.25, 0.3) is 0 Å². The fourth-order valence-electron chi connectivity index (χ4n) is 2.53. The molecule has 1 N–H and O–H groups in total. The van der Waals surface area contributed by atoms with Gasteiger partial charge < -0.3 is 14.8 Å². The third-order valence-corrected chi connectivity index (χ3v) is 3.54. The number of hydrogen-bond acceptors (Lipinski definition) is 3. The van der Waals surface area contributed by atoms with Crippen LogP contribution in [0.1, 0.15) is 18.4 Å². The molecule has 0 aliphatic carbocycles. The summed E-state index contributed by atoms with van der Waals surface area (Å²) in [6.45, 7) is 3.68. The van der Waals surface area contributed by atoms with Crippen molar-refractivity contribution in [3.63, 3.8) is 0 Å². The lowest BCUT2D eigenvalue weighted by molar-refractivity contribution is 0.0595. The summed E-state index contributed by atoms with van der Waals surface area (Å²) in [6, 6.07) is 6.39. The topological polar surface area (TPSA) is 30.5 Å². The minimum atomic E-state index is 0.660. The van der Waals surface area contributed by atoms with Crippen molar-refractivity contribution in [2.24, 2.45) is 5.92 Å². The van der Waals surface area contributed by atoms with Gasteiger partial charge in [0.2, 0.25) is 0 Å². The third kappa shape index (κ3) is 2.55. The maximum atomic E-state index is 5.50. The highest BCUT2D eigenvalue weighted by Crippen LogP contribution is 2.28. The zero-order valence-corrected chi connectivity index (χ0v) is 10.1. The summed E-state index contributed by atoms with van der Waals surface area (Å²) in [5.74, 6) is 1.71. The Kier molecular flexibility index (Phi) is 3.18. The minimum Gasteiger partial charge on any atom is -0.493 e. The van der Waals surface area contributed by atoms with Gasteiger partial charge in [-0.2, -0.15) is 0 Å². The first-order valence-corrected chi connectivity index (χ1v) is 6.49. The van der Waals surface area contributed by atoms with Gasteiger partial charge >= 0.3 is 0 Å². The molecule has 1 atom stereocenters. The van der Waals surface area contributed by atoms with Crippen molar-refractivity contribution in [3.8, 4) is 5.75 Å². The first-order valence-electron chi connectivity index (χ1n) is 6.49. The SMILES string of the molecule is c1cc2c(cc1NCC1CCCOC1)CCO2. The van der Waals surface area contributed by atoms with Crippen LogP contribution in [-0.4, -0.2) is 26.4 Å². The van der Waals surface area contributed by atoms with E-state index in [9.17, 15) is 0 Å². The monoisotopic (exact) mass is 233 g/mol. The molecule has 1 fully saturated rings. The number of nitrogens with one attached hydrogen (secondary N) is 1. The van der Waals surface area contributed by atoms with E-state index < -0.39 is 0 Å². The largest absolute Gasteiger partial charge is 0.493 e. The summed E-state index contributed by atoms with van der Waals surface area (Å²) in [5.41, 5.74) is 2.54. The predicted molar refractivity (Wildman–Crippen MR) is 67.7 cm³/mol. The molecule has 0 bridgehead atoms. The molecule has 1 unspecified atom stereocenters. The number of anilines is 1. The Bertz CT molecular complexity index is 386. The Morgan fingerprint density at radius 3 is 3.18 bits per heavy atom. The number of ether oxygens (including phenoxy) is 2. The number of rotatable bonds is 3. The molecule has 0 saturated carbocycles. The Labute approximate surface area is 102 Å². The number of fused-ring (bicyclic) bond motifs is 1. The van der Waals surface area contributed by atoms with Crippen LogP contribution < -0.4 is 10.1 Å². The van der Waals surface area contributed by atoms with Gasteiger partial charge in [-0.1, -0.05) is 0 Å². The standard InChI is InChI=1S/C14H19NO2/c1-2-11(10-16-6-1)9-15-13-3-4-14-12(8-13)5-7-17-14/h3-4,8,11,15H,1-2,5-7,9-10H2. The average molecular weight is 233 g/mol. The molecule has 2 aliphatic rings. The lowest BCUT2D eigenvalue weighted by Gasteiger charge is -2.22. The highest BCUT2D eigenvalue weighted by Gasteiger charge is 2.15. The normalized spacial score (nSPS) is 22.9. The van der Waals surface area contributed by atoms with Crippen LogP contribution in [0.2, 0.25) is 0 Å². The van der Waals surface area contributed by atoms with Gasteiger partial charge in [0, 0.05) is 25.3 Å². The summed E-state index contributed by atoms with van der Waals surface area (Å²) >= 11 is 0. The molecule has 0 aromatic heterocycles. The molecule has 0 amide bonds. The van der Waals surface area contributed by atoms with Crippen LogP contribution in [0.15, 0.2) is 18.2 Å². The summed E-state index contributed by atoms with van der Waals surface area (Å²) in [7, 11) is 0. The van der Waals surface area contributed by atoms with E-state index in [0.29, 0.717) is 5.92 Å². The lowest BCUT2D eigenvalue weighted by Crippen LogP contribution is -2.24. The van der Waals surface area contributed by atoms with Gasteiger partial charge in [0.15, 0.2) is 0 Å². The molecular formula is C14H19NO2.